The Labute approximate surface area is 283 Å². The van der Waals surface area contributed by atoms with E-state index in [2.05, 4.69) is 30.8 Å². The molecule has 4 amide bonds. The van der Waals surface area contributed by atoms with E-state index in [1.807, 2.05) is 60.8 Å². The average Bonchev–Trinajstić information content (AvgIpc) is 3.45. The Kier molecular flexibility index (Phi) is 8.84. The first-order valence-electron chi connectivity index (χ1n) is 16.4. The summed E-state index contributed by atoms with van der Waals surface area (Å²) in [7, 11) is 0. The summed E-state index contributed by atoms with van der Waals surface area (Å²) < 4.78 is 0. The zero-order chi connectivity index (χ0) is 33.9. The van der Waals surface area contributed by atoms with Crippen molar-refractivity contribution in [1.82, 2.24) is 30.8 Å². The minimum atomic E-state index is -0.663. The molecule has 12 nitrogen and oxygen atoms in total. The number of nitrogens with one attached hydrogen (secondary N) is 4. The fourth-order valence-electron chi connectivity index (χ4n) is 6.66. The number of anilines is 1. The van der Waals surface area contributed by atoms with E-state index in [1.54, 1.807) is 18.3 Å². The number of imide groups is 1. The second-order valence-electron chi connectivity index (χ2n) is 12.5. The van der Waals surface area contributed by atoms with Crippen molar-refractivity contribution in [3.8, 4) is 0 Å². The van der Waals surface area contributed by atoms with Crippen LogP contribution in [0.3, 0.4) is 0 Å². The third-order valence-corrected chi connectivity index (χ3v) is 9.38. The third kappa shape index (κ3) is 6.75. The number of para-hydroxylation sites is 2. The second kappa shape index (κ2) is 13.7. The van der Waals surface area contributed by atoms with E-state index in [-0.39, 0.29) is 43.3 Å². The van der Waals surface area contributed by atoms with E-state index < -0.39 is 11.9 Å². The maximum absolute atomic E-state index is 13.2. The summed E-state index contributed by atoms with van der Waals surface area (Å²) in [6.07, 6.45) is 7.14. The van der Waals surface area contributed by atoms with Crippen LogP contribution in [0, 0.1) is 5.41 Å². The quantitative estimate of drug-likeness (QED) is 0.157. The number of piperidine rings is 2. The number of carbonyl (C=O) groups is 4. The van der Waals surface area contributed by atoms with Crippen molar-refractivity contribution in [3.63, 3.8) is 0 Å². The molecule has 4 heterocycles. The van der Waals surface area contributed by atoms with Crippen molar-refractivity contribution < 1.29 is 19.2 Å². The summed E-state index contributed by atoms with van der Waals surface area (Å²) in [6.45, 7) is 2.21. The number of benzene rings is 3. The molecule has 2 fully saturated rings. The molecular formula is C37H36N8O4. The first-order chi connectivity index (χ1) is 23.9. The van der Waals surface area contributed by atoms with Gasteiger partial charge in [-0.1, -0.05) is 30.3 Å². The predicted molar refractivity (Wildman–Crippen MR) is 185 cm³/mol. The molecule has 3 aromatic carbocycles. The number of hydrogen-bond acceptors (Lipinski definition) is 9. The monoisotopic (exact) mass is 656 g/mol. The van der Waals surface area contributed by atoms with Crippen molar-refractivity contribution in [1.29, 1.82) is 5.41 Å². The number of fused-ring (bicyclic) bond motifs is 2. The van der Waals surface area contributed by atoms with Gasteiger partial charge in [-0.3, -0.25) is 29.5 Å². The standard InChI is InChI=1S/C37H36N8O4/c38-18-26(32-21-40-30-6-1-2-7-31(30)42-32)20-39-27-12-14-44(15-13-27)28-5-3-4-24(17-28)35(47)41-19-23-8-9-29-25(16-23)22-45(37(29)49)33-10-11-34(46)43-36(33)48/h1-9,16-18,20-21,27,33,38-39H,10-15,19,22H2,(H,41,47)(H,43,46,48)/b26-20+,38-18?. The molecule has 0 spiro atoms. The van der Waals surface area contributed by atoms with Gasteiger partial charge in [-0.25, -0.2) is 4.98 Å². The van der Waals surface area contributed by atoms with E-state index in [0.717, 1.165) is 53.8 Å². The highest BCUT2D eigenvalue weighted by Gasteiger charge is 2.39. The average molecular weight is 657 g/mol. The Morgan fingerprint density at radius 3 is 2.59 bits per heavy atom. The molecule has 4 N–H and O–H groups in total. The van der Waals surface area contributed by atoms with Crippen LogP contribution in [-0.2, 0) is 22.7 Å². The van der Waals surface area contributed by atoms with Crippen LogP contribution in [0.4, 0.5) is 5.69 Å². The van der Waals surface area contributed by atoms with Gasteiger partial charge < -0.3 is 25.8 Å². The SMILES string of the molecule is N=C/C(=C\NC1CCN(c2cccc(C(=O)NCc3ccc4c(c3)CN(C3CCC(=O)NC3=O)C4=O)c2)CC1)c1cnc2ccccc2n1. The molecule has 4 aromatic rings. The van der Waals surface area contributed by atoms with Crippen molar-refractivity contribution in [2.24, 2.45) is 0 Å². The van der Waals surface area contributed by atoms with Crippen molar-refractivity contribution in [2.45, 2.75) is 50.9 Å². The van der Waals surface area contributed by atoms with E-state index in [9.17, 15) is 19.2 Å². The molecule has 7 rings (SSSR count). The van der Waals surface area contributed by atoms with Crippen LogP contribution in [0.5, 0.6) is 0 Å². The lowest BCUT2D eigenvalue weighted by molar-refractivity contribution is -0.136. The molecule has 1 atom stereocenters. The van der Waals surface area contributed by atoms with Gasteiger partial charge in [0, 0.05) is 73.4 Å². The first-order valence-corrected chi connectivity index (χ1v) is 16.4. The zero-order valence-electron chi connectivity index (χ0n) is 26.8. The van der Waals surface area contributed by atoms with E-state index in [0.29, 0.717) is 28.8 Å². The molecule has 0 saturated carbocycles. The third-order valence-electron chi connectivity index (χ3n) is 9.38. The van der Waals surface area contributed by atoms with Crippen molar-refractivity contribution in [2.75, 3.05) is 18.0 Å². The van der Waals surface area contributed by atoms with Gasteiger partial charge in [0.15, 0.2) is 0 Å². The van der Waals surface area contributed by atoms with Crippen molar-refractivity contribution >= 4 is 52.1 Å². The number of rotatable bonds is 9. The van der Waals surface area contributed by atoms with Gasteiger partial charge in [0.25, 0.3) is 11.8 Å². The lowest BCUT2D eigenvalue weighted by Gasteiger charge is -2.34. The topological polar surface area (TPSA) is 160 Å². The molecule has 0 bridgehead atoms. The molecule has 2 saturated heterocycles. The van der Waals surface area contributed by atoms with Gasteiger partial charge in [-0.2, -0.15) is 0 Å². The Bertz CT molecular complexity index is 2000. The zero-order valence-corrected chi connectivity index (χ0v) is 26.8. The number of hydrogen-bond donors (Lipinski definition) is 4. The number of allylic oxidation sites excluding steroid dienone is 1. The van der Waals surface area contributed by atoms with Crippen LogP contribution >= 0.6 is 0 Å². The smallest absolute Gasteiger partial charge is 0.255 e. The Morgan fingerprint density at radius 1 is 0.980 bits per heavy atom. The molecule has 1 aromatic heterocycles. The first kappa shape index (κ1) is 31.7. The summed E-state index contributed by atoms with van der Waals surface area (Å²) in [5, 5.41) is 16.7. The minimum absolute atomic E-state index is 0.193. The molecule has 3 aliphatic rings. The molecule has 0 aliphatic carbocycles. The predicted octanol–water partition coefficient (Wildman–Crippen LogP) is 3.57. The molecule has 1 unspecified atom stereocenters. The summed E-state index contributed by atoms with van der Waals surface area (Å²) in [5.74, 6) is -1.17. The lowest BCUT2D eigenvalue weighted by atomic mass is 10.0. The molecule has 0 radical (unpaired) electrons. The van der Waals surface area contributed by atoms with Gasteiger partial charge in [0.05, 0.1) is 22.9 Å². The fourth-order valence-corrected chi connectivity index (χ4v) is 6.66. The number of amides is 4. The summed E-state index contributed by atoms with van der Waals surface area (Å²) in [4.78, 5) is 63.0. The van der Waals surface area contributed by atoms with Crippen LogP contribution < -0.4 is 20.9 Å². The Hall–Kier alpha value is -5.91. The van der Waals surface area contributed by atoms with Crippen LogP contribution in [0.1, 0.15) is 63.2 Å². The van der Waals surface area contributed by atoms with Crippen molar-refractivity contribution in [3.05, 3.63) is 107 Å². The number of carbonyl (C=O) groups excluding carboxylic acids is 4. The largest absolute Gasteiger partial charge is 0.387 e. The molecule has 49 heavy (non-hydrogen) atoms. The van der Waals surface area contributed by atoms with Gasteiger partial charge >= 0.3 is 0 Å². The van der Waals surface area contributed by atoms with Crippen LogP contribution in [-0.4, -0.2) is 69.9 Å². The maximum atomic E-state index is 13.2. The number of nitrogens with zero attached hydrogens (tertiary/aromatic N) is 4. The highest BCUT2D eigenvalue weighted by molar-refractivity contribution is 6.07. The van der Waals surface area contributed by atoms with Gasteiger partial charge in [0.1, 0.15) is 6.04 Å². The van der Waals surface area contributed by atoms with Gasteiger partial charge in [-0.15, -0.1) is 0 Å². The molecule has 3 aliphatic heterocycles. The van der Waals surface area contributed by atoms with E-state index in [1.165, 1.54) is 11.1 Å². The van der Waals surface area contributed by atoms with Crippen LogP contribution in [0.15, 0.2) is 79.1 Å². The van der Waals surface area contributed by atoms with Crippen LogP contribution in [0.2, 0.25) is 0 Å². The maximum Gasteiger partial charge on any atom is 0.255 e. The minimum Gasteiger partial charge on any atom is -0.387 e. The normalized spacial score (nSPS) is 18.3. The van der Waals surface area contributed by atoms with E-state index in [4.69, 9.17) is 5.41 Å². The number of aromatic nitrogens is 2. The fraction of sp³-hybridized carbons (Fsp3) is 0.270. The second-order valence-corrected chi connectivity index (χ2v) is 12.5. The lowest BCUT2D eigenvalue weighted by Crippen LogP contribution is -2.52. The summed E-state index contributed by atoms with van der Waals surface area (Å²) in [5.41, 5.74) is 6.66. The van der Waals surface area contributed by atoms with Gasteiger partial charge in [0.2, 0.25) is 11.8 Å². The highest BCUT2D eigenvalue weighted by Crippen LogP contribution is 2.28. The molecule has 12 heteroatoms. The molecular weight excluding hydrogens is 620 g/mol. The highest BCUT2D eigenvalue weighted by atomic mass is 16.2. The Morgan fingerprint density at radius 2 is 1.80 bits per heavy atom. The Balaban J connectivity index is 0.921. The summed E-state index contributed by atoms with van der Waals surface area (Å²) >= 11 is 0. The molecule has 248 valence electrons. The van der Waals surface area contributed by atoms with Gasteiger partial charge in [-0.05, 0) is 66.8 Å². The van der Waals surface area contributed by atoms with E-state index >= 15 is 0 Å². The summed E-state index contributed by atoms with van der Waals surface area (Å²) in [6, 6.07) is 20.3. The van der Waals surface area contributed by atoms with Crippen LogP contribution in [0.25, 0.3) is 16.6 Å².